The summed E-state index contributed by atoms with van der Waals surface area (Å²) in [5, 5.41) is 6.19. The molecule has 4 nitrogen and oxygen atoms in total. The molecule has 0 aliphatic carbocycles. The minimum Gasteiger partial charge on any atom is -0.378 e. The molecule has 98 valence electrons. The van der Waals surface area contributed by atoms with Gasteiger partial charge in [0, 0.05) is 15.9 Å². The average molecular weight is 224 g/mol. The van der Waals surface area contributed by atoms with Crippen molar-refractivity contribution in [3.8, 4) is 0 Å². The van der Waals surface area contributed by atoms with Gasteiger partial charge < -0.3 is 20.1 Å². The minimum atomic E-state index is 0. The quantitative estimate of drug-likeness (QED) is 0.550. The van der Waals surface area contributed by atoms with Gasteiger partial charge in [-0.2, -0.15) is 0 Å². The van der Waals surface area contributed by atoms with E-state index in [-0.39, 0.29) is 2.85 Å². The third-order valence-corrected chi connectivity index (χ3v) is 1.54. The van der Waals surface area contributed by atoms with Crippen LogP contribution in [0.2, 0.25) is 0 Å². The molecular formula is C11H32N2O2. The summed E-state index contributed by atoms with van der Waals surface area (Å²) in [5.74, 6) is 0. The second kappa shape index (κ2) is 19.4. The zero-order valence-corrected chi connectivity index (χ0v) is 10.8. The van der Waals surface area contributed by atoms with Crippen LogP contribution in [0.25, 0.3) is 0 Å². The summed E-state index contributed by atoms with van der Waals surface area (Å²) >= 11 is 0. The molecule has 0 aromatic rings. The highest BCUT2D eigenvalue weighted by molar-refractivity contribution is 4.40. The van der Waals surface area contributed by atoms with Crippen LogP contribution in [-0.2, 0) is 9.47 Å². The van der Waals surface area contributed by atoms with E-state index in [9.17, 15) is 0 Å². The van der Waals surface area contributed by atoms with Crippen LogP contribution in [0.1, 0.15) is 23.6 Å². The Morgan fingerprint density at radius 3 is 1.93 bits per heavy atom. The molecule has 0 unspecified atom stereocenters. The van der Waals surface area contributed by atoms with Gasteiger partial charge in [-0.3, -0.25) is 0 Å². The van der Waals surface area contributed by atoms with Crippen LogP contribution in [-0.4, -0.2) is 53.1 Å². The van der Waals surface area contributed by atoms with Crippen molar-refractivity contribution in [2.24, 2.45) is 0 Å². The summed E-state index contributed by atoms with van der Waals surface area (Å²) < 4.78 is 10.6. The van der Waals surface area contributed by atoms with Gasteiger partial charge in [0.1, 0.15) is 0 Å². The number of nitrogens with one attached hydrogen (secondary N) is 2. The highest BCUT2D eigenvalue weighted by Crippen LogP contribution is 1.77. The Balaban J connectivity index is -0.000000199. The molecule has 0 bridgehead atoms. The van der Waals surface area contributed by atoms with Gasteiger partial charge in [0.25, 0.3) is 0 Å². The fourth-order valence-electron chi connectivity index (χ4n) is 0.817. The van der Waals surface area contributed by atoms with Gasteiger partial charge in [0.05, 0.1) is 26.4 Å². The molecule has 15 heavy (non-hydrogen) atoms. The molecule has 2 N–H and O–H groups in total. The number of hydrogen-bond donors (Lipinski definition) is 2. The van der Waals surface area contributed by atoms with Crippen molar-refractivity contribution < 1.29 is 12.3 Å². The molecule has 0 aliphatic rings. The first-order valence-electron chi connectivity index (χ1n) is 5.92. The Morgan fingerprint density at radius 1 is 0.933 bits per heavy atom. The summed E-state index contributed by atoms with van der Waals surface area (Å²) in [6.45, 7) is 11.8. The number of hydrogen-bond acceptors (Lipinski definition) is 4. The molecular weight excluding hydrogens is 192 g/mol. The third kappa shape index (κ3) is 20.0. The van der Waals surface area contributed by atoms with Crippen molar-refractivity contribution in [1.82, 2.24) is 10.6 Å². The summed E-state index contributed by atoms with van der Waals surface area (Å²) in [6.07, 6.45) is 0. The zero-order chi connectivity index (χ0) is 11.8. The Morgan fingerprint density at radius 2 is 1.47 bits per heavy atom. The van der Waals surface area contributed by atoms with Crippen molar-refractivity contribution in [3.63, 3.8) is 0 Å². The molecule has 0 rings (SSSR count). The predicted octanol–water partition coefficient (Wildman–Crippen LogP) is 1.37. The lowest BCUT2D eigenvalue weighted by Gasteiger charge is -2.05. The van der Waals surface area contributed by atoms with Gasteiger partial charge >= 0.3 is 0 Å². The first kappa shape index (κ1) is 17.2. The van der Waals surface area contributed by atoms with Crippen molar-refractivity contribution in [2.75, 3.05) is 53.1 Å². The fraction of sp³-hybridized carbons (Fsp3) is 1.00. The number of ether oxygens (including phenoxy) is 2. The van der Waals surface area contributed by atoms with Gasteiger partial charge in [-0.1, -0.05) is 20.8 Å². The largest absolute Gasteiger partial charge is 0.378 e. The van der Waals surface area contributed by atoms with Gasteiger partial charge in [-0.25, -0.2) is 0 Å². The third-order valence-electron chi connectivity index (χ3n) is 1.54. The zero-order valence-electron chi connectivity index (χ0n) is 10.8. The summed E-state index contributed by atoms with van der Waals surface area (Å²) in [5.41, 5.74) is 0. The molecule has 0 aromatic heterocycles. The lowest BCUT2D eigenvalue weighted by atomic mass is 10.6. The van der Waals surface area contributed by atoms with Crippen LogP contribution in [0.4, 0.5) is 0 Å². The molecule has 4 heteroatoms. The first-order valence-corrected chi connectivity index (χ1v) is 5.92. The molecule has 0 aromatic carbocycles. The van der Waals surface area contributed by atoms with E-state index in [0.717, 1.165) is 32.8 Å². The van der Waals surface area contributed by atoms with E-state index in [0.29, 0.717) is 13.2 Å². The minimum absolute atomic E-state index is 0. The molecule has 0 radical (unpaired) electrons. The van der Waals surface area contributed by atoms with Crippen LogP contribution >= 0.6 is 0 Å². The second-order valence-corrected chi connectivity index (χ2v) is 2.68. The van der Waals surface area contributed by atoms with E-state index >= 15 is 0 Å². The van der Waals surface area contributed by atoms with Gasteiger partial charge in [-0.15, -0.1) is 0 Å². The molecule has 0 fully saturated rings. The van der Waals surface area contributed by atoms with E-state index in [4.69, 9.17) is 9.47 Å². The van der Waals surface area contributed by atoms with E-state index in [1.165, 1.54) is 0 Å². The predicted molar refractivity (Wildman–Crippen MR) is 69.7 cm³/mol. The topological polar surface area (TPSA) is 42.5 Å². The van der Waals surface area contributed by atoms with Crippen LogP contribution < -0.4 is 10.6 Å². The Hall–Kier alpha value is -0.160. The maximum Gasteiger partial charge on any atom is 0.0701 e. The normalized spacial score (nSPS) is 9.60. The lowest BCUT2D eigenvalue weighted by molar-refractivity contribution is 0.0505. The molecule has 0 saturated carbocycles. The summed E-state index contributed by atoms with van der Waals surface area (Å²) in [6, 6.07) is 0. The lowest BCUT2D eigenvalue weighted by Crippen LogP contribution is -2.20. The smallest absolute Gasteiger partial charge is 0.0701 e. The Labute approximate surface area is 97.7 Å². The van der Waals surface area contributed by atoms with Gasteiger partial charge in [0.2, 0.25) is 0 Å². The van der Waals surface area contributed by atoms with Gasteiger partial charge in [-0.05, 0) is 13.6 Å². The maximum absolute atomic E-state index is 5.31. The molecule has 0 spiro atoms. The molecule has 0 amide bonds. The van der Waals surface area contributed by atoms with Crippen molar-refractivity contribution >= 4 is 0 Å². The first-order chi connectivity index (χ1) is 7.41. The fourth-order valence-corrected chi connectivity index (χ4v) is 0.817. The van der Waals surface area contributed by atoms with Crippen molar-refractivity contribution in [2.45, 2.75) is 20.8 Å². The second-order valence-electron chi connectivity index (χ2n) is 2.68. The van der Waals surface area contributed by atoms with E-state index in [1.54, 1.807) is 0 Å². The molecule has 0 heterocycles. The SMILES string of the molecule is CC.CCNCCOCCOCCNC.[HH].[HH]. The molecule has 0 saturated heterocycles. The molecule has 0 atom stereocenters. The summed E-state index contributed by atoms with van der Waals surface area (Å²) in [4.78, 5) is 0. The van der Waals surface area contributed by atoms with Crippen molar-refractivity contribution in [1.29, 1.82) is 0 Å². The van der Waals surface area contributed by atoms with Crippen LogP contribution in [0.3, 0.4) is 0 Å². The van der Waals surface area contributed by atoms with E-state index < -0.39 is 0 Å². The maximum atomic E-state index is 5.31. The van der Waals surface area contributed by atoms with E-state index in [2.05, 4.69) is 17.6 Å². The highest BCUT2D eigenvalue weighted by atomic mass is 16.5. The van der Waals surface area contributed by atoms with Crippen LogP contribution in [0.15, 0.2) is 0 Å². The van der Waals surface area contributed by atoms with Crippen molar-refractivity contribution in [3.05, 3.63) is 0 Å². The van der Waals surface area contributed by atoms with Crippen LogP contribution in [0.5, 0.6) is 0 Å². The monoisotopic (exact) mass is 224 g/mol. The van der Waals surface area contributed by atoms with Crippen LogP contribution in [0, 0.1) is 0 Å². The Bertz CT molecular complexity index is 91.5. The number of rotatable bonds is 10. The van der Waals surface area contributed by atoms with Gasteiger partial charge in [0.15, 0.2) is 0 Å². The Kier molecular flexibility index (Phi) is 22.3. The molecule has 0 aliphatic heterocycles. The highest BCUT2D eigenvalue weighted by Gasteiger charge is 1.88. The summed E-state index contributed by atoms with van der Waals surface area (Å²) in [7, 11) is 1.91. The standard InChI is InChI=1S/C9H22N2O2.C2H6.2H2/c1-3-11-5-7-13-9-8-12-6-4-10-2;1-2;;/h10-11H,3-9H2,1-2H3;1-2H3;2*1H. The number of likely N-dealkylation sites (N-methyl/N-ethyl adjacent to an activating group) is 2. The van der Waals surface area contributed by atoms with E-state index in [1.807, 2.05) is 20.9 Å². The average Bonchev–Trinajstić information content (AvgIpc) is 2.30.